The molecule has 0 radical (unpaired) electrons. The van der Waals surface area contributed by atoms with Gasteiger partial charge < -0.3 is 10.6 Å². The standard InChI is InChI=1S/C17H25N3O4S/c1-12-6-7-14(9-13(12)2)17(22)18-10-16(21)19-15-5-4-8-20(11-15)25(3,23)24/h6-7,9,15H,4-5,8,10-11H2,1-3H3,(H,18,22)(H,19,21). The zero-order valence-electron chi connectivity index (χ0n) is 14.8. The first-order valence-electron chi connectivity index (χ1n) is 8.27. The first kappa shape index (κ1) is 19.4. The molecule has 0 spiro atoms. The van der Waals surface area contributed by atoms with Gasteiger partial charge in [0.05, 0.1) is 12.8 Å². The maximum Gasteiger partial charge on any atom is 0.251 e. The van der Waals surface area contributed by atoms with Gasteiger partial charge in [-0.05, 0) is 49.9 Å². The molecule has 1 unspecified atom stereocenters. The number of carbonyl (C=O) groups excluding carboxylic acids is 2. The monoisotopic (exact) mass is 367 g/mol. The second kappa shape index (κ2) is 7.97. The van der Waals surface area contributed by atoms with Crippen LogP contribution in [0.4, 0.5) is 0 Å². The molecular formula is C17H25N3O4S. The summed E-state index contributed by atoms with van der Waals surface area (Å²) in [5.41, 5.74) is 2.62. The van der Waals surface area contributed by atoms with Crippen molar-refractivity contribution in [2.24, 2.45) is 0 Å². The number of carbonyl (C=O) groups is 2. The summed E-state index contributed by atoms with van der Waals surface area (Å²) in [5.74, 6) is -0.628. The van der Waals surface area contributed by atoms with Gasteiger partial charge in [-0.25, -0.2) is 12.7 Å². The maximum atomic E-state index is 12.1. The molecule has 2 amide bonds. The van der Waals surface area contributed by atoms with E-state index in [-0.39, 0.29) is 30.9 Å². The van der Waals surface area contributed by atoms with E-state index in [0.717, 1.165) is 17.5 Å². The highest BCUT2D eigenvalue weighted by Gasteiger charge is 2.26. The molecule has 7 nitrogen and oxygen atoms in total. The molecule has 1 aromatic carbocycles. The molecule has 8 heteroatoms. The van der Waals surface area contributed by atoms with Crippen molar-refractivity contribution in [2.75, 3.05) is 25.9 Å². The number of hydrogen-bond donors (Lipinski definition) is 2. The summed E-state index contributed by atoms with van der Waals surface area (Å²) in [4.78, 5) is 24.1. The van der Waals surface area contributed by atoms with E-state index in [4.69, 9.17) is 0 Å². The van der Waals surface area contributed by atoms with Crippen LogP contribution in [0.15, 0.2) is 18.2 Å². The van der Waals surface area contributed by atoms with Gasteiger partial charge in [-0.2, -0.15) is 0 Å². The van der Waals surface area contributed by atoms with Crippen molar-refractivity contribution < 1.29 is 18.0 Å². The highest BCUT2D eigenvalue weighted by molar-refractivity contribution is 7.88. The minimum absolute atomic E-state index is 0.138. The van der Waals surface area contributed by atoms with Crippen molar-refractivity contribution in [3.63, 3.8) is 0 Å². The molecule has 1 aliphatic rings. The lowest BCUT2D eigenvalue weighted by molar-refractivity contribution is -0.121. The fourth-order valence-corrected chi connectivity index (χ4v) is 3.70. The summed E-state index contributed by atoms with van der Waals surface area (Å²) in [7, 11) is -3.25. The van der Waals surface area contributed by atoms with Gasteiger partial charge >= 0.3 is 0 Å². The minimum Gasteiger partial charge on any atom is -0.351 e. The molecule has 1 aliphatic heterocycles. The molecule has 1 heterocycles. The molecule has 0 aromatic heterocycles. The van der Waals surface area contributed by atoms with Crippen LogP contribution >= 0.6 is 0 Å². The number of sulfonamides is 1. The average molecular weight is 367 g/mol. The zero-order chi connectivity index (χ0) is 18.6. The topological polar surface area (TPSA) is 95.6 Å². The van der Waals surface area contributed by atoms with Crippen LogP contribution in [0.1, 0.15) is 34.3 Å². The van der Waals surface area contributed by atoms with Crippen LogP contribution in [0, 0.1) is 13.8 Å². The van der Waals surface area contributed by atoms with Crippen molar-refractivity contribution in [3.8, 4) is 0 Å². The Bertz CT molecular complexity index is 761. The normalized spacial score (nSPS) is 18.6. The Morgan fingerprint density at radius 3 is 2.60 bits per heavy atom. The van der Waals surface area contributed by atoms with Crippen LogP contribution in [-0.4, -0.2) is 56.5 Å². The summed E-state index contributed by atoms with van der Waals surface area (Å²) < 4.78 is 24.6. The summed E-state index contributed by atoms with van der Waals surface area (Å²) in [6.45, 7) is 4.51. The third kappa shape index (κ3) is 5.54. The van der Waals surface area contributed by atoms with Crippen LogP contribution < -0.4 is 10.6 Å². The van der Waals surface area contributed by atoms with Crippen molar-refractivity contribution in [1.29, 1.82) is 0 Å². The Kier molecular flexibility index (Phi) is 6.18. The van der Waals surface area contributed by atoms with Gasteiger partial charge in [0.1, 0.15) is 0 Å². The third-order valence-corrected chi connectivity index (χ3v) is 5.67. The molecule has 0 aliphatic carbocycles. The van der Waals surface area contributed by atoms with Gasteiger partial charge in [-0.15, -0.1) is 0 Å². The predicted molar refractivity (Wildman–Crippen MR) is 95.8 cm³/mol. The van der Waals surface area contributed by atoms with Gasteiger partial charge in [0.25, 0.3) is 5.91 Å². The molecule has 1 fully saturated rings. The van der Waals surface area contributed by atoms with Crippen LogP contribution in [-0.2, 0) is 14.8 Å². The number of benzene rings is 1. The minimum atomic E-state index is -3.25. The Balaban J connectivity index is 1.84. The molecule has 1 atom stereocenters. The molecule has 138 valence electrons. The molecule has 25 heavy (non-hydrogen) atoms. The quantitative estimate of drug-likeness (QED) is 0.795. The number of nitrogens with one attached hydrogen (secondary N) is 2. The summed E-state index contributed by atoms with van der Waals surface area (Å²) in [6.07, 6.45) is 2.59. The van der Waals surface area contributed by atoms with Crippen LogP contribution in [0.5, 0.6) is 0 Å². The molecule has 1 aromatic rings. The van der Waals surface area contributed by atoms with Crippen LogP contribution in [0.3, 0.4) is 0 Å². The Morgan fingerprint density at radius 2 is 1.96 bits per heavy atom. The number of hydrogen-bond acceptors (Lipinski definition) is 4. The largest absolute Gasteiger partial charge is 0.351 e. The van der Waals surface area contributed by atoms with Gasteiger partial charge in [-0.1, -0.05) is 6.07 Å². The second-order valence-electron chi connectivity index (χ2n) is 6.51. The third-order valence-electron chi connectivity index (χ3n) is 4.40. The number of aryl methyl sites for hydroxylation is 2. The van der Waals surface area contributed by atoms with E-state index in [2.05, 4.69) is 10.6 Å². The van der Waals surface area contributed by atoms with E-state index in [1.165, 1.54) is 10.6 Å². The SMILES string of the molecule is Cc1ccc(C(=O)NCC(=O)NC2CCCN(S(C)(=O)=O)C2)cc1C. The van der Waals surface area contributed by atoms with E-state index in [9.17, 15) is 18.0 Å². The first-order valence-corrected chi connectivity index (χ1v) is 10.1. The van der Waals surface area contributed by atoms with Crippen LogP contribution in [0.2, 0.25) is 0 Å². The number of rotatable bonds is 5. The van der Waals surface area contributed by atoms with Crippen molar-refractivity contribution in [1.82, 2.24) is 14.9 Å². The van der Waals surface area contributed by atoms with Gasteiger partial charge in [0, 0.05) is 24.7 Å². The second-order valence-corrected chi connectivity index (χ2v) is 8.49. The Labute approximate surface area is 148 Å². The van der Waals surface area contributed by atoms with Crippen LogP contribution in [0.25, 0.3) is 0 Å². The van der Waals surface area contributed by atoms with Gasteiger partial charge in [0.2, 0.25) is 15.9 Å². The Morgan fingerprint density at radius 1 is 1.24 bits per heavy atom. The number of nitrogens with zero attached hydrogens (tertiary/aromatic N) is 1. The lowest BCUT2D eigenvalue weighted by Crippen LogP contribution is -2.51. The highest BCUT2D eigenvalue weighted by atomic mass is 32.2. The zero-order valence-corrected chi connectivity index (χ0v) is 15.6. The summed E-state index contributed by atoms with van der Waals surface area (Å²) in [5, 5.41) is 5.38. The molecular weight excluding hydrogens is 342 g/mol. The first-order chi connectivity index (χ1) is 11.7. The van der Waals surface area contributed by atoms with Gasteiger partial charge in [0.15, 0.2) is 0 Å². The lowest BCUT2D eigenvalue weighted by Gasteiger charge is -2.31. The van der Waals surface area contributed by atoms with E-state index in [0.29, 0.717) is 18.5 Å². The average Bonchev–Trinajstić information content (AvgIpc) is 2.54. The van der Waals surface area contributed by atoms with Gasteiger partial charge in [-0.3, -0.25) is 9.59 Å². The molecule has 2 N–H and O–H groups in total. The number of amides is 2. The van der Waals surface area contributed by atoms with E-state index >= 15 is 0 Å². The lowest BCUT2D eigenvalue weighted by atomic mass is 10.1. The van der Waals surface area contributed by atoms with E-state index < -0.39 is 10.0 Å². The van der Waals surface area contributed by atoms with E-state index in [1.807, 2.05) is 19.9 Å². The maximum absolute atomic E-state index is 12.1. The van der Waals surface area contributed by atoms with Crippen molar-refractivity contribution >= 4 is 21.8 Å². The molecule has 0 bridgehead atoms. The smallest absolute Gasteiger partial charge is 0.251 e. The highest BCUT2D eigenvalue weighted by Crippen LogP contribution is 2.13. The predicted octanol–water partition coefficient (Wildman–Crippen LogP) is 0.573. The Hall–Kier alpha value is -1.93. The fourth-order valence-electron chi connectivity index (χ4n) is 2.79. The summed E-state index contributed by atoms with van der Waals surface area (Å²) in [6, 6.07) is 5.15. The number of piperidine rings is 1. The van der Waals surface area contributed by atoms with E-state index in [1.54, 1.807) is 12.1 Å². The fraction of sp³-hybridized carbons (Fsp3) is 0.529. The summed E-state index contributed by atoms with van der Waals surface area (Å²) >= 11 is 0. The molecule has 2 rings (SSSR count). The molecule has 0 saturated carbocycles. The molecule has 1 saturated heterocycles. The van der Waals surface area contributed by atoms with Crippen molar-refractivity contribution in [2.45, 2.75) is 32.7 Å². The van der Waals surface area contributed by atoms with Crippen molar-refractivity contribution in [3.05, 3.63) is 34.9 Å².